The highest BCUT2D eigenvalue weighted by molar-refractivity contribution is 5.99. The predicted molar refractivity (Wildman–Crippen MR) is 94.4 cm³/mol. The second-order valence-electron chi connectivity index (χ2n) is 5.76. The van der Waals surface area contributed by atoms with Crippen LogP contribution in [0.4, 0.5) is 0 Å². The molecule has 1 amide bonds. The zero-order valence-electron chi connectivity index (χ0n) is 14.1. The van der Waals surface area contributed by atoms with Gasteiger partial charge >= 0.3 is 0 Å². The number of ether oxygens (including phenoxy) is 1. The average molecular weight is 323 g/mol. The summed E-state index contributed by atoms with van der Waals surface area (Å²) in [7, 11) is 1.64. The molecule has 0 spiro atoms. The standard InChI is InChI=1S/C20H21NO3/c1-4-17(14-9-11-15(23-3)12-10-14)21-20(22)19-13(2)16-7-5-6-8-18(16)24-19/h5-12,17H,4H2,1-3H3,(H,21,22). The van der Waals surface area contributed by atoms with Crippen molar-refractivity contribution in [3.8, 4) is 5.75 Å². The number of para-hydroxylation sites is 1. The Morgan fingerprint density at radius 2 is 1.88 bits per heavy atom. The van der Waals surface area contributed by atoms with E-state index in [0.717, 1.165) is 34.3 Å². The minimum atomic E-state index is -0.189. The smallest absolute Gasteiger partial charge is 0.287 e. The van der Waals surface area contributed by atoms with Gasteiger partial charge in [-0.1, -0.05) is 37.3 Å². The van der Waals surface area contributed by atoms with E-state index < -0.39 is 0 Å². The minimum Gasteiger partial charge on any atom is -0.497 e. The highest BCUT2D eigenvalue weighted by atomic mass is 16.5. The summed E-state index contributed by atoms with van der Waals surface area (Å²) in [6.45, 7) is 3.95. The van der Waals surface area contributed by atoms with Gasteiger partial charge in [-0.3, -0.25) is 4.79 Å². The monoisotopic (exact) mass is 323 g/mol. The molecule has 24 heavy (non-hydrogen) atoms. The van der Waals surface area contributed by atoms with E-state index in [0.29, 0.717) is 5.76 Å². The zero-order valence-corrected chi connectivity index (χ0v) is 14.1. The molecule has 2 aromatic carbocycles. The first-order valence-corrected chi connectivity index (χ1v) is 8.07. The third-order valence-corrected chi connectivity index (χ3v) is 4.28. The fourth-order valence-corrected chi connectivity index (χ4v) is 2.87. The van der Waals surface area contributed by atoms with E-state index in [4.69, 9.17) is 9.15 Å². The summed E-state index contributed by atoms with van der Waals surface area (Å²) in [6, 6.07) is 15.4. The van der Waals surface area contributed by atoms with Gasteiger partial charge in [0, 0.05) is 10.9 Å². The molecule has 0 fully saturated rings. The van der Waals surface area contributed by atoms with Gasteiger partial charge < -0.3 is 14.5 Å². The summed E-state index contributed by atoms with van der Waals surface area (Å²) in [5, 5.41) is 4.04. The number of aryl methyl sites for hydroxylation is 1. The van der Waals surface area contributed by atoms with E-state index in [1.54, 1.807) is 7.11 Å². The van der Waals surface area contributed by atoms with Crippen molar-refractivity contribution in [1.82, 2.24) is 5.32 Å². The highest BCUT2D eigenvalue weighted by Gasteiger charge is 2.20. The van der Waals surface area contributed by atoms with Crippen molar-refractivity contribution in [3.63, 3.8) is 0 Å². The molecule has 0 aliphatic rings. The lowest BCUT2D eigenvalue weighted by Gasteiger charge is -2.17. The molecule has 0 aliphatic heterocycles. The van der Waals surface area contributed by atoms with Crippen molar-refractivity contribution in [2.45, 2.75) is 26.3 Å². The molecule has 1 unspecified atom stereocenters. The molecule has 3 rings (SSSR count). The van der Waals surface area contributed by atoms with Crippen LogP contribution in [0.2, 0.25) is 0 Å². The summed E-state index contributed by atoms with van der Waals surface area (Å²) < 4.78 is 10.9. The van der Waals surface area contributed by atoms with Crippen LogP contribution in [0.25, 0.3) is 11.0 Å². The maximum absolute atomic E-state index is 12.7. The first-order valence-electron chi connectivity index (χ1n) is 8.07. The Balaban J connectivity index is 1.84. The van der Waals surface area contributed by atoms with Gasteiger partial charge in [-0.15, -0.1) is 0 Å². The fourth-order valence-electron chi connectivity index (χ4n) is 2.87. The molecule has 3 aromatic rings. The van der Waals surface area contributed by atoms with Gasteiger partial charge in [0.15, 0.2) is 5.76 Å². The summed E-state index contributed by atoms with van der Waals surface area (Å²) >= 11 is 0. The first-order chi connectivity index (χ1) is 11.6. The van der Waals surface area contributed by atoms with E-state index in [9.17, 15) is 4.79 Å². The molecule has 1 atom stereocenters. The van der Waals surface area contributed by atoms with Crippen molar-refractivity contribution < 1.29 is 13.9 Å². The molecule has 0 saturated heterocycles. The Kier molecular flexibility index (Phi) is 4.56. The molecule has 0 saturated carbocycles. The van der Waals surface area contributed by atoms with Crippen molar-refractivity contribution in [2.75, 3.05) is 7.11 Å². The Morgan fingerprint density at radius 1 is 1.17 bits per heavy atom. The number of furan rings is 1. The van der Waals surface area contributed by atoms with Crippen LogP contribution in [0, 0.1) is 6.92 Å². The molecular formula is C20H21NO3. The van der Waals surface area contributed by atoms with Gasteiger partial charge in [0.25, 0.3) is 5.91 Å². The molecule has 124 valence electrons. The number of carbonyl (C=O) groups is 1. The molecule has 0 aliphatic carbocycles. The minimum absolute atomic E-state index is 0.0731. The lowest BCUT2D eigenvalue weighted by atomic mass is 10.0. The van der Waals surface area contributed by atoms with E-state index in [2.05, 4.69) is 5.32 Å². The Morgan fingerprint density at radius 3 is 2.50 bits per heavy atom. The normalized spacial score (nSPS) is 12.1. The quantitative estimate of drug-likeness (QED) is 0.744. The van der Waals surface area contributed by atoms with E-state index in [1.165, 1.54) is 0 Å². The maximum atomic E-state index is 12.7. The Labute approximate surface area is 141 Å². The van der Waals surface area contributed by atoms with Crippen LogP contribution in [0.5, 0.6) is 5.75 Å². The first kappa shape index (κ1) is 16.1. The number of hydrogen-bond acceptors (Lipinski definition) is 3. The highest BCUT2D eigenvalue weighted by Crippen LogP contribution is 2.26. The second-order valence-corrected chi connectivity index (χ2v) is 5.76. The summed E-state index contributed by atoms with van der Waals surface area (Å²) in [5.41, 5.74) is 2.64. The predicted octanol–water partition coefficient (Wildman–Crippen LogP) is 4.63. The molecule has 0 bridgehead atoms. The second kappa shape index (κ2) is 6.79. The van der Waals surface area contributed by atoms with E-state index >= 15 is 0 Å². The number of rotatable bonds is 5. The topological polar surface area (TPSA) is 51.5 Å². The third kappa shape index (κ3) is 3.00. The number of methoxy groups -OCH3 is 1. The van der Waals surface area contributed by atoms with Gasteiger partial charge in [0.2, 0.25) is 0 Å². The van der Waals surface area contributed by atoms with Crippen LogP contribution >= 0.6 is 0 Å². The number of nitrogens with one attached hydrogen (secondary N) is 1. The van der Waals surface area contributed by atoms with E-state index in [1.807, 2.05) is 62.4 Å². The number of carbonyl (C=O) groups excluding carboxylic acids is 1. The lowest BCUT2D eigenvalue weighted by molar-refractivity contribution is 0.0909. The van der Waals surface area contributed by atoms with Crippen LogP contribution < -0.4 is 10.1 Å². The summed E-state index contributed by atoms with van der Waals surface area (Å²) in [6.07, 6.45) is 0.789. The van der Waals surface area contributed by atoms with Crippen LogP contribution in [0.15, 0.2) is 52.9 Å². The van der Waals surface area contributed by atoms with Crippen molar-refractivity contribution in [1.29, 1.82) is 0 Å². The lowest BCUT2D eigenvalue weighted by Crippen LogP contribution is -2.28. The number of fused-ring (bicyclic) bond motifs is 1. The zero-order chi connectivity index (χ0) is 17.1. The number of amides is 1. The van der Waals surface area contributed by atoms with Gasteiger partial charge in [-0.2, -0.15) is 0 Å². The van der Waals surface area contributed by atoms with Gasteiger partial charge in [0.1, 0.15) is 11.3 Å². The van der Waals surface area contributed by atoms with Crippen molar-refractivity contribution in [3.05, 3.63) is 65.4 Å². The molecule has 1 aromatic heterocycles. The van der Waals surface area contributed by atoms with Crippen molar-refractivity contribution in [2.24, 2.45) is 0 Å². The largest absolute Gasteiger partial charge is 0.497 e. The van der Waals surface area contributed by atoms with Crippen molar-refractivity contribution >= 4 is 16.9 Å². The molecule has 1 heterocycles. The fraction of sp³-hybridized carbons (Fsp3) is 0.250. The molecule has 0 radical (unpaired) electrons. The Hall–Kier alpha value is -2.75. The average Bonchev–Trinajstić information content (AvgIpc) is 2.97. The molecule has 1 N–H and O–H groups in total. The van der Waals surface area contributed by atoms with Gasteiger partial charge in [0.05, 0.1) is 13.2 Å². The molecule has 4 heteroatoms. The maximum Gasteiger partial charge on any atom is 0.287 e. The summed E-state index contributed by atoms with van der Waals surface area (Å²) in [5.74, 6) is 0.989. The third-order valence-electron chi connectivity index (χ3n) is 4.28. The summed E-state index contributed by atoms with van der Waals surface area (Å²) in [4.78, 5) is 12.7. The number of benzene rings is 2. The molecule has 4 nitrogen and oxygen atoms in total. The van der Waals surface area contributed by atoms with Gasteiger partial charge in [-0.25, -0.2) is 0 Å². The van der Waals surface area contributed by atoms with E-state index in [-0.39, 0.29) is 11.9 Å². The van der Waals surface area contributed by atoms with Crippen LogP contribution in [-0.4, -0.2) is 13.0 Å². The van der Waals surface area contributed by atoms with Crippen LogP contribution in [0.3, 0.4) is 0 Å². The Bertz CT molecular complexity index is 849. The molecular weight excluding hydrogens is 302 g/mol. The van der Waals surface area contributed by atoms with Crippen LogP contribution in [-0.2, 0) is 0 Å². The van der Waals surface area contributed by atoms with Crippen LogP contribution in [0.1, 0.15) is 41.1 Å². The number of hydrogen-bond donors (Lipinski definition) is 1. The SMILES string of the molecule is CCC(NC(=O)c1oc2ccccc2c1C)c1ccc(OC)cc1. The van der Waals surface area contributed by atoms with Gasteiger partial charge in [-0.05, 0) is 37.1 Å².